The quantitative estimate of drug-likeness (QED) is 0.492. The predicted molar refractivity (Wildman–Crippen MR) is 62.7 cm³/mol. The van der Waals surface area contributed by atoms with Gasteiger partial charge in [0.1, 0.15) is 5.60 Å². The van der Waals surface area contributed by atoms with Crippen LogP contribution in [0.2, 0.25) is 0 Å². The van der Waals surface area contributed by atoms with Gasteiger partial charge in [-0.2, -0.15) is 0 Å². The van der Waals surface area contributed by atoms with Gasteiger partial charge in [-0.15, -0.1) is 0 Å². The van der Waals surface area contributed by atoms with Crippen LogP contribution in [-0.4, -0.2) is 23.8 Å². The number of hydrogen-bond acceptors (Lipinski definition) is 4. The fourth-order valence-corrected chi connectivity index (χ4v) is 1.95. The minimum absolute atomic E-state index is 0.171. The average molecular weight is 229 g/mol. The van der Waals surface area contributed by atoms with Gasteiger partial charge < -0.3 is 10.1 Å². The molecule has 16 heavy (non-hydrogen) atoms. The zero-order chi connectivity index (χ0) is 12.2. The number of amides is 1. The molecule has 0 aromatic rings. The lowest BCUT2D eigenvalue weighted by Crippen LogP contribution is -2.47. The summed E-state index contributed by atoms with van der Waals surface area (Å²) >= 11 is 0. The minimum Gasteiger partial charge on any atom is -0.444 e. The van der Waals surface area contributed by atoms with Gasteiger partial charge >= 0.3 is 6.09 Å². The number of rotatable bonds is 2. The molecule has 1 aliphatic rings. The van der Waals surface area contributed by atoms with Crippen molar-refractivity contribution in [3.8, 4) is 0 Å². The third kappa shape index (κ3) is 4.81. The first-order chi connectivity index (χ1) is 7.40. The van der Waals surface area contributed by atoms with Crippen molar-refractivity contribution in [1.82, 2.24) is 10.7 Å². The molecule has 1 saturated carbocycles. The largest absolute Gasteiger partial charge is 0.444 e. The molecule has 5 nitrogen and oxygen atoms in total. The zero-order valence-corrected chi connectivity index (χ0v) is 10.4. The van der Waals surface area contributed by atoms with Crippen molar-refractivity contribution in [3.05, 3.63) is 0 Å². The highest BCUT2D eigenvalue weighted by atomic mass is 16.6. The van der Waals surface area contributed by atoms with E-state index in [2.05, 4.69) is 10.7 Å². The van der Waals surface area contributed by atoms with Crippen LogP contribution in [0.3, 0.4) is 0 Å². The molecule has 0 aliphatic heterocycles. The van der Waals surface area contributed by atoms with Gasteiger partial charge in [-0.25, -0.2) is 4.79 Å². The molecule has 94 valence electrons. The lowest BCUT2D eigenvalue weighted by molar-refractivity contribution is 0.0488. The van der Waals surface area contributed by atoms with Crippen molar-refractivity contribution < 1.29 is 9.53 Å². The normalized spacial score (nSPS) is 26.2. The number of carbonyl (C=O) groups excluding carboxylic acids is 1. The summed E-state index contributed by atoms with van der Waals surface area (Å²) in [5, 5.41) is 2.88. The Hall–Kier alpha value is -0.810. The minimum atomic E-state index is -0.440. The monoisotopic (exact) mass is 229 g/mol. The lowest BCUT2D eigenvalue weighted by Gasteiger charge is -2.30. The van der Waals surface area contributed by atoms with E-state index in [9.17, 15) is 4.79 Å². The van der Waals surface area contributed by atoms with Gasteiger partial charge in [0.15, 0.2) is 0 Å². The molecular weight excluding hydrogens is 206 g/mol. The average Bonchev–Trinajstić information content (AvgIpc) is 2.15. The van der Waals surface area contributed by atoms with Crippen molar-refractivity contribution >= 4 is 6.09 Å². The Balaban J connectivity index is 2.33. The van der Waals surface area contributed by atoms with E-state index in [-0.39, 0.29) is 12.1 Å². The molecule has 0 aromatic carbocycles. The SMILES string of the molecule is CC(C)(C)OC(=O)N[C@@H]1CCC[C@H](NN)C1. The third-order valence-corrected chi connectivity index (χ3v) is 2.63. The molecule has 0 radical (unpaired) electrons. The standard InChI is InChI=1S/C11H23N3O2/c1-11(2,3)16-10(15)13-8-5-4-6-9(7-8)14-12/h8-9,14H,4-7,12H2,1-3H3,(H,13,15)/t8-,9+/m1/s1. The van der Waals surface area contributed by atoms with Crippen LogP contribution in [0.4, 0.5) is 4.79 Å². The van der Waals surface area contributed by atoms with Crippen LogP contribution in [0.15, 0.2) is 0 Å². The van der Waals surface area contributed by atoms with E-state index in [1.807, 2.05) is 20.8 Å². The summed E-state index contributed by atoms with van der Waals surface area (Å²) in [6.07, 6.45) is 3.68. The first kappa shape index (κ1) is 13.3. The molecule has 0 spiro atoms. The van der Waals surface area contributed by atoms with Crippen LogP contribution in [0, 0.1) is 0 Å². The molecule has 2 atom stereocenters. The maximum Gasteiger partial charge on any atom is 0.407 e. The Labute approximate surface area is 97.1 Å². The van der Waals surface area contributed by atoms with Crippen LogP contribution in [0.25, 0.3) is 0 Å². The van der Waals surface area contributed by atoms with Crippen LogP contribution in [-0.2, 0) is 4.74 Å². The molecule has 1 amide bonds. The molecule has 1 rings (SSSR count). The highest BCUT2D eigenvalue weighted by Crippen LogP contribution is 2.18. The molecule has 4 N–H and O–H groups in total. The molecule has 0 saturated heterocycles. The van der Waals surface area contributed by atoms with Crippen LogP contribution < -0.4 is 16.6 Å². The molecule has 0 aromatic heterocycles. The Bertz CT molecular complexity index is 238. The summed E-state index contributed by atoms with van der Waals surface area (Å²) in [4.78, 5) is 11.5. The molecule has 0 heterocycles. The number of nitrogens with one attached hydrogen (secondary N) is 2. The van der Waals surface area contributed by atoms with Gasteiger partial charge in [-0.1, -0.05) is 0 Å². The fourth-order valence-electron chi connectivity index (χ4n) is 1.95. The summed E-state index contributed by atoms with van der Waals surface area (Å²) in [5.74, 6) is 5.40. The molecule has 1 aliphatic carbocycles. The second kappa shape index (κ2) is 5.50. The van der Waals surface area contributed by atoms with Crippen LogP contribution in [0.1, 0.15) is 46.5 Å². The first-order valence-electron chi connectivity index (χ1n) is 5.86. The van der Waals surface area contributed by atoms with E-state index in [0.29, 0.717) is 6.04 Å². The predicted octanol–water partition coefficient (Wildman–Crippen LogP) is 1.29. The van der Waals surface area contributed by atoms with Gasteiger partial charge in [0.05, 0.1) is 0 Å². The summed E-state index contributed by atoms with van der Waals surface area (Å²) in [6, 6.07) is 0.471. The lowest BCUT2D eigenvalue weighted by atomic mass is 9.91. The van der Waals surface area contributed by atoms with E-state index in [0.717, 1.165) is 25.7 Å². The number of hydrazine groups is 1. The number of ether oxygens (including phenoxy) is 1. The van der Waals surface area contributed by atoms with E-state index < -0.39 is 5.60 Å². The van der Waals surface area contributed by atoms with Crippen molar-refractivity contribution in [2.45, 2.75) is 64.1 Å². The van der Waals surface area contributed by atoms with Gasteiger partial charge in [-0.05, 0) is 46.5 Å². The number of alkyl carbamates (subject to hydrolysis) is 1. The van der Waals surface area contributed by atoms with Gasteiger partial charge in [0.25, 0.3) is 0 Å². The summed E-state index contributed by atoms with van der Waals surface area (Å²) in [5.41, 5.74) is 2.32. The van der Waals surface area contributed by atoms with Crippen LogP contribution in [0.5, 0.6) is 0 Å². The highest BCUT2D eigenvalue weighted by Gasteiger charge is 2.24. The highest BCUT2D eigenvalue weighted by molar-refractivity contribution is 5.68. The Kier molecular flexibility index (Phi) is 4.56. The maximum absolute atomic E-state index is 11.5. The number of nitrogens with two attached hydrogens (primary N) is 1. The molecule has 0 bridgehead atoms. The molecular formula is C11H23N3O2. The third-order valence-electron chi connectivity index (χ3n) is 2.63. The fraction of sp³-hybridized carbons (Fsp3) is 0.909. The van der Waals surface area contributed by atoms with Crippen molar-refractivity contribution in [2.24, 2.45) is 5.84 Å². The van der Waals surface area contributed by atoms with E-state index in [1.54, 1.807) is 0 Å². The van der Waals surface area contributed by atoms with Gasteiger partial charge in [0.2, 0.25) is 0 Å². The number of carbonyl (C=O) groups is 1. The summed E-state index contributed by atoms with van der Waals surface area (Å²) in [7, 11) is 0. The Morgan fingerprint density at radius 2 is 1.94 bits per heavy atom. The molecule has 5 heteroatoms. The maximum atomic E-state index is 11.5. The van der Waals surface area contributed by atoms with Gasteiger partial charge in [-0.3, -0.25) is 11.3 Å². The van der Waals surface area contributed by atoms with Crippen molar-refractivity contribution in [2.75, 3.05) is 0 Å². The summed E-state index contributed by atoms with van der Waals surface area (Å²) < 4.78 is 5.21. The Morgan fingerprint density at radius 1 is 1.31 bits per heavy atom. The smallest absolute Gasteiger partial charge is 0.407 e. The van der Waals surface area contributed by atoms with Crippen molar-refractivity contribution in [1.29, 1.82) is 0 Å². The molecule has 1 fully saturated rings. The topological polar surface area (TPSA) is 76.4 Å². The molecule has 0 unspecified atom stereocenters. The summed E-state index contributed by atoms with van der Waals surface area (Å²) in [6.45, 7) is 5.58. The van der Waals surface area contributed by atoms with E-state index in [4.69, 9.17) is 10.6 Å². The zero-order valence-electron chi connectivity index (χ0n) is 10.4. The second-order valence-corrected chi connectivity index (χ2v) is 5.37. The first-order valence-corrected chi connectivity index (χ1v) is 5.86. The van der Waals surface area contributed by atoms with Crippen molar-refractivity contribution in [3.63, 3.8) is 0 Å². The van der Waals surface area contributed by atoms with Gasteiger partial charge in [0, 0.05) is 12.1 Å². The van der Waals surface area contributed by atoms with E-state index >= 15 is 0 Å². The van der Waals surface area contributed by atoms with E-state index in [1.165, 1.54) is 0 Å². The number of hydrogen-bond donors (Lipinski definition) is 3. The van der Waals surface area contributed by atoms with Crippen LogP contribution >= 0.6 is 0 Å². The Morgan fingerprint density at radius 3 is 2.50 bits per heavy atom. The second-order valence-electron chi connectivity index (χ2n) is 5.37.